The van der Waals surface area contributed by atoms with E-state index in [9.17, 15) is 4.79 Å². The summed E-state index contributed by atoms with van der Waals surface area (Å²) in [6, 6.07) is 13.4. The largest absolute Gasteiger partial charge is 0.495 e. The molecular weight excluding hydrogens is 452 g/mol. The molecule has 8 nitrogen and oxygen atoms in total. The van der Waals surface area contributed by atoms with Crippen molar-refractivity contribution < 1.29 is 9.53 Å². The van der Waals surface area contributed by atoms with Gasteiger partial charge in [0.1, 0.15) is 10.8 Å². The van der Waals surface area contributed by atoms with Gasteiger partial charge in [-0.05, 0) is 68.7 Å². The quantitative estimate of drug-likeness (QED) is 0.447. The van der Waals surface area contributed by atoms with Crippen LogP contribution in [0.3, 0.4) is 0 Å². The molecule has 3 aromatic rings. The van der Waals surface area contributed by atoms with Crippen molar-refractivity contribution in [3.63, 3.8) is 0 Å². The van der Waals surface area contributed by atoms with Crippen molar-refractivity contribution in [1.82, 2.24) is 20.2 Å². The van der Waals surface area contributed by atoms with E-state index in [1.54, 1.807) is 32.4 Å². The Morgan fingerprint density at radius 3 is 2.62 bits per heavy atom. The first kappa shape index (κ1) is 23.8. The molecule has 2 aromatic carbocycles. The molecule has 9 heteroatoms. The number of ether oxygens (including phenoxy) is 1. The van der Waals surface area contributed by atoms with E-state index in [4.69, 9.17) is 16.3 Å². The maximum absolute atomic E-state index is 12.2. The summed E-state index contributed by atoms with van der Waals surface area (Å²) < 4.78 is 5.66. The Balaban J connectivity index is 1.55. The van der Waals surface area contributed by atoms with Crippen LogP contribution >= 0.6 is 11.6 Å². The molecule has 1 amide bonds. The molecule has 34 heavy (non-hydrogen) atoms. The molecular formula is C25H29ClN6O2. The number of piperidine rings is 1. The summed E-state index contributed by atoms with van der Waals surface area (Å²) in [6.07, 6.45) is 3.79. The molecule has 0 bridgehead atoms. The number of nitrogens with zero attached hydrogens (tertiary/aromatic N) is 3. The van der Waals surface area contributed by atoms with Crippen molar-refractivity contribution in [3.8, 4) is 5.75 Å². The van der Waals surface area contributed by atoms with E-state index in [2.05, 4.69) is 50.0 Å². The average Bonchev–Trinajstić information content (AvgIpc) is 2.86. The summed E-state index contributed by atoms with van der Waals surface area (Å²) >= 11 is 6.35. The van der Waals surface area contributed by atoms with E-state index in [0.717, 1.165) is 37.4 Å². The standard InChI is InChI=1S/C25H29ClN6O2/c1-27-24(33)18-6-4-5-7-20(18)29-23-19(26)15-28-25(31-23)30-21-9-8-17(14-22(21)34-3)16-10-12-32(2)13-11-16/h4-9,14-16H,10-13H2,1-3H3,(H,27,33)(H2,28,29,30,31). The minimum absolute atomic E-state index is 0.207. The van der Waals surface area contributed by atoms with Gasteiger partial charge in [0.05, 0.1) is 30.2 Å². The number of nitrogens with one attached hydrogen (secondary N) is 3. The van der Waals surface area contributed by atoms with Crippen molar-refractivity contribution >= 4 is 40.6 Å². The van der Waals surface area contributed by atoms with Crippen molar-refractivity contribution in [2.45, 2.75) is 18.8 Å². The lowest BCUT2D eigenvalue weighted by molar-refractivity contribution is 0.0964. The summed E-state index contributed by atoms with van der Waals surface area (Å²) in [6.45, 7) is 2.20. The first-order chi connectivity index (χ1) is 16.5. The van der Waals surface area contributed by atoms with Gasteiger partial charge in [0.15, 0.2) is 5.82 Å². The van der Waals surface area contributed by atoms with Crippen LogP contribution in [-0.2, 0) is 0 Å². The van der Waals surface area contributed by atoms with E-state index in [-0.39, 0.29) is 5.91 Å². The van der Waals surface area contributed by atoms with E-state index in [1.165, 1.54) is 11.8 Å². The monoisotopic (exact) mass is 480 g/mol. The lowest BCUT2D eigenvalue weighted by atomic mass is 9.89. The number of hydrogen-bond donors (Lipinski definition) is 3. The van der Waals surface area contributed by atoms with Crippen molar-refractivity contribution in [1.29, 1.82) is 0 Å². The third-order valence-electron chi connectivity index (χ3n) is 6.06. The Morgan fingerprint density at radius 1 is 1.12 bits per heavy atom. The van der Waals surface area contributed by atoms with Crippen molar-refractivity contribution in [3.05, 3.63) is 64.8 Å². The fourth-order valence-electron chi connectivity index (χ4n) is 4.09. The highest BCUT2D eigenvalue weighted by atomic mass is 35.5. The number of methoxy groups -OCH3 is 1. The molecule has 0 atom stereocenters. The number of benzene rings is 2. The molecule has 0 saturated carbocycles. The van der Waals surface area contributed by atoms with Gasteiger partial charge < -0.3 is 25.6 Å². The van der Waals surface area contributed by atoms with E-state index in [0.29, 0.717) is 34.0 Å². The van der Waals surface area contributed by atoms with Crippen LogP contribution < -0.4 is 20.7 Å². The molecule has 1 aliphatic heterocycles. The molecule has 1 saturated heterocycles. The van der Waals surface area contributed by atoms with Crippen LogP contribution in [0.5, 0.6) is 5.75 Å². The van der Waals surface area contributed by atoms with Gasteiger partial charge >= 0.3 is 0 Å². The van der Waals surface area contributed by atoms with E-state index in [1.807, 2.05) is 12.1 Å². The first-order valence-corrected chi connectivity index (χ1v) is 11.6. The number of amides is 1. The van der Waals surface area contributed by atoms with Crippen LogP contribution in [0, 0.1) is 0 Å². The third kappa shape index (κ3) is 5.40. The first-order valence-electron chi connectivity index (χ1n) is 11.2. The Labute approximate surface area is 204 Å². The number of rotatable bonds is 7. The summed E-state index contributed by atoms with van der Waals surface area (Å²) in [4.78, 5) is 23.4. The van der Waals surface area contributed by atoms with Gasteiger partial charge in [-0.1, -0.05) is 29.8 Å². The molecule has 0 unspecified atom stereocenters. The molecule has 0 spiro atoms. The minimum atomic E-state index is -0.207. The smallest absolute Gasteiger partial charge is 0.253 e. The van der Waals surface area contributed by atoms with Crippen LogP contribution in [-0.4, -0.2) is 55.1 Å². The van der Waals surface area contributed by atoms with E-state index >= 15 is 0 Å². The Morgan fingerprint density at radius 2 is 1.88 bits per heavy atom. The summed E-state index contributed by atoms with van der Waals surface area (Å²) in [5.41, 5.74) is 3.12. The molecule has 178 valence electrons. The highest BCUT2D eigenvalue weighted by Crippen LogP contribution is 2.35. The molecule has 2 heterocycles. The summed E-state index contributed by atoms with van der Waals surface area (Å²) in [5.74, 6) is 1.80. The minimum Gasteiger partial charge on any atom is -0.495 e. The highest BCUT2D eigenvalue weighted by molar-refractivity contribution is 6.33. The Bertz CT molecular complexity index is 1160. The number of para-hydroxylation sites is 1. The predicted molar refractivity (Wildman–Crippen MR) is 136 cm³/mol. The van der Waals surface area contributed by atoms with Gasteiger partial charge in [-0.15, -0.1) is 0 Å². The maximum atomic E-state index is 12.2. The Kier molecular flexibility index (Phi) is 7.49. The number of carbonyl (C=O) groups excluding carboxylic acids is 1. The fraction of sp³-hybridized carbons (Fsp3) is 0.320. The summed E-state index contributed by atoms with van der Waals surface area (Å²) in [7, 11) is 5.41. The van der Waals surface area contributed by atoms with E-state index < -0.39 is 0 Å². The van der Waals surface area contributed by atoms with Crippen LogP contribution in [0.25, 0.3) is 0 Å². The van der Waals surface area contributed by atoms with Gasteiger partial charge in [0.25, 0.3) is 5.91 Å². The van der Waals surface area contributed by atoms with Crippen LogP contribution in [0.1, 0.15) is 34.7 Å². The Hall–Kier alpha value is -3.36. The number of anilines is 4. The molecule has 1 aromatic heterocycles. The number of halogens is 1. The number of aromatic nitrogens is 2. The zero-order valence-electron chi connectivity index (χ0n) is 19.6. The van der Waals surface area contributed by atoms with Gasteiger partial charge in [-0.25, -0.2) is 4.98 Å². The number of carbonyl (C=O) groups is 1. The molecule has 0 aliphatic carbocycles. The second-order valence-corrected chi connectivity index (χ2v) is 8.71. The zero-order chi connectivity index (χ0) is 24.1. The normalized spacial score (nSPS) is 14.5. The van der Waals surface area contributed by atoms with Gasteiger partial charge in [-0.3, -0.25) is 4.79 Å². The zero-order valence-corrected chi connectivity index (χ0v) is 20.3. The molecule has 1 aliphatic rings. The topological polar surface area (TPSA) is 91.4 Å². The SMILES string of the molecule is CNC(=O)c1ccccc1Nc1nc(Nc2ccc(C3CCN(C)CC3)cc2OC)ncc1Cl. The second-order valence-electron chi connectivity index (χ2n) is 8.30. The lowest BCUT2D eigenvalue weighted by Crippen LogP contribution is -2.29. The average molecular weight is 481 g/mol. The van der Waals surface area contributed by atoms with Crippen molar-refractivity contribution in [2.24, 2.45) is 0 Å². The maximum Gasteiger partial charge on any atom is 0.253 e. The van der Waals surface area contributed by atoms with Gasteiger partial charge in [-0.2, -0.15) is 4.98 Å². The predicted octanol–water partition coefficient (Wildman–Crippen LogP) is 4.79. The second kappa shape index (κ2) is 10.7. The summed E-state index contributed by atoms with van der Waals surface area (Å²) in [5, 5.41) is 9.35. The van der Waals surface area contributed by atoms with Crippen LogP contribution in [0.2, 0.25) is 5.02 Å². The number of hydrogen-bond acceptors (Lipinski definition) is 7. The lowest BCUT2D eigenvalue weighted by Gasteiger charge is -2.29. The molecule has 1 fully saturated rings. The fourth-order valence-corrected chi connectivity index (χ4v) is 4.23. The molecule has 0 radical (unpaired) electrons. The molecule has 3 N–H and O–H groups in total. The number of likely N-dealkylation sites (tertiary alicyclic amines) is 1. The molecule has 4 rings (SSSR count). The van der Waals surface area contributed by atoms with Crippen LogP contribution in [0.15, 0.2) is 48.7 Å². The highest BCUT2D eigenvalue weighted by Gasteiger charge is 2.20. The third-order valence-corrected chi connectivity index (χ3v) is 6.33. The van der Waals surface area contributed by atoms with Gasteiger partial charge in [0, 0.05) is 7.05 Å². The van der Waals surface area contributed by atoms with Gasteiger partial charge in [0.2, 0.25) is 5.95 Å². The van der Waals surface area contributed by atoms with Crippen molar-refractivity contribution in [2.75, 3.05) is 44.9 Å². The van der Waals surface area contributed by atoms with Crippen LogP contribution in [0.4, 0.5) is 23.1 Å².